The molecule has 0 aliphatic rings. The number of hydrogen-bond donors (Lipinski definition) is 2. The molecule has 6 nitrogen and oxygen atoms in total. The standard InChI is InChI=1S/C14H21NO5/c1-8(2)12-7-10(9(3)20-12)13(16)15-11(14(17)18)5-6-19-4/h7-8,11H,5-6H2,1-4H3,(H,15,16)(H,17,18). The van der Waals surface area contributed by atoms with Crippen LogP contribution >= 0.6 is 0 Å². The molecule has 0 spiro atoms. The molecule has 0 bridgehead atoms. The molecule has 0 radical (unpaired) electrons. The first-order valence-corrected chi connectivity index (χ1v) is 6.49. The zero-order valence-corrected chi connectivity index (χ0v) is 12.2. The summed E-state index contributed by atoms with van der Waals surface area (Å²) in [6.07, 6.45) is 0.214. The molecule has 0 fully saturated rings. The highest BCUT2D eigenvalue weighted by atomic mass is 16.5. The maximum Gasteiger partial charge on any atom is 0.326 e. The summed E-state index contributed by atoms with van der Waals surface area (Å²) < 4.78 is 10.3. The molecule has 0 aliphatic heterocycles. The summed E-state index contributed by atoms with van der Waals surface area (Å²) in [6, 6.07) is 0.684. The van der Waals surface area contributed by atoms with Crippen molar-refractivity contribution in [2.24, 2.45) is 0 Å². The van der Waals surface area contributed by atoms with Gasteiger partial charge in [0.15, 0.2) is 0 Å². The smallest absolute Gasteiger partial charge is 0.326 e. The van der Waals surface area contributed by atoms with Crippen LogP contribution in [0.15, 0.2) is 10.5 Å². The maximum atomic E-state index is 12.1. The monoisotopic (exact) mass is 283 g/mol. The van der Waals surface area contributed by atoms with Crippen LogP contribution in [0.25, 0.3) is 0 Å². The molecular formula is C14H21NO5. The number of carboxylic acid groups (broad SMARTS) is 1. The van der Waals surface area contributed by atoms with Crippen molar-refractivity contribution in [3.8, 4) is 0 Å². The Morgan fingerprint density at radius 3 is 2.55 bits per heavy atom. The average molecular weight is 283 g/mol. The van der Waals surface area contributed by atoms with Crippen LogP contribution < -0.4 is 5.32 Å². The molecule has 6 heteroatoms. The number of aryl methyl sites for hydroxylation is 1. The summed E-state index contributed by atoms with van der Waals surface area (Å²) in [7, 11) is 1.48. The molecule has 112 valence electrons. The van der Waals surface area contributed by atoms with Crippen LogP contribution in [0.2, 0.25) is 0 Å². The van der Waals surface area contributed by atoms with Gasteiger partial charge in [0, 0.05) is 26.1 Å². The number of rotatable bonds is 7. The molecule has 1 unspecified atom stereocenters. The zero-order valence-electron chi connectivity index (χ0n) is 12.2. The number of furan rings is 1. The fourth-order valence-corrected chi connectivity index (χ4v) is 1.74. The lowest BCUT2D eigenvalue weighted by Gasteiger charge is -2.13. The molecule has 1 rings (SSSR count). The molecule has 0 aliphatic carbocycles. The molecule has 2 N–H and O–H groups in total. The van der Waals surface area contributed by atoms with Crippen LogP contribution in [0.5, 0.6) is 0 Å². The maximum absolute atomic E-state index is 12.1. The minimum atomic E-state index is -1.08. The van der Waals surface area contributed by atoms with Gasteiger partial charge in [0.2, 0.25) is 0 Å². The van der Waals surface area contributed by atoms with Crippen molar-refractivity contribution >= 4 is 11.9 Å². The van der Waals surface area contributed by atoms with E-state index in [4.69, 9.17) is 14.3 Å². The van der Waals surface area contributed by atoms with E-state index in [1.54, 1.807) is 13.0 Å². The molecule has 20 heavy (non-hydrogen) atoms. The second-order valence-corrected chi connectivity index (χ2v) is 4.92. The van der Waals surface area contributed by atoms with Crippen molar-refractivity contribution in [3.05, 3.63) is 23.2 Å². The van der Waals surface area contributed by atoms with E-state index in [1.807, 2.05) is 13.8 Å². The van der Waals surface area contributed by atoms with E-state index in [9.17, 15) is 9.59 Å². The highest BCUT2D eigenvalue weighted by Gasteiger charge is 2.23. The van der Waals surface area contributed by atoms with Gasteiger partial charge < -0.3 is 19.6 Å². The minimum Gasteiger partial charge on any atom is -0.480 e. The molecule has 1 atom stereocenters. The van der Waals surface area contributed by atoms with Crippen molar-refractivity contribution < 1.29 is 23.8 Å². The second kappa shape index (κ2) is 7.09. The lowest BCUT2D eigenvalue weighted by molar-refractivity contribution is -0.139. The number of nitrogens with one attached hydrogen (secondary N) is 1. The number of carboxylic acids is 1. The van der Waals surface area contributed by atoms with Gasteiger partial charge in [-0.1, -0.05) is 13.8 Å². The molecular weight excluding hydrogens is 262 g/mol. The number of methoxy groups -OCH3 is 1. The number of ether oxygens (including phenoxy) is 1. The third-order valence-electron chi connectivity index (χ3n) is 2.96. The van der Waals surface area contributed by atoms with Gasteiger partial charge in [-0.15, -0.1) is 0 Å². The van der Waals surface area contributed by atoms with Gasteiger partial charge in [-0.3, -0.25) is 4.79 Å². The molecule has 0 saturated carbocycles. The van der Waals surface area contributed by atoms with Crippen LogP contribution in [0.1, 0.15) is 48.1 Å². The highest BCUT2D eigenvalue weighted by Crippen LogP contribution is 2.21. The van der Waals surface area contributed by atoms with Crippen molar-refractivity contribution in [3.63, 3.8) is 0 Å². The van der Waals surface area contributed by atoms with E-state index in [2.05, 4.69) is 5.32 Å². The fourth-order valence-electron chi connectivity index (χ4n) is 1.74. The summed E-state index contributed by atoms with van der Waals surface area (Å²) >= 11 is 0. The van der Waals surface area contributed by atoms with Gasteiger partial charge in [-0.05, 0) is 13.0 Å². The van der Waals surface area contributed by atoms with Crippen LogP contribution in [-0.2, 0) is 9.53 Å². The summed E-state index contributed by atoms with van der Waals surface area (Å²) in [4.78, 5) is 23.2. The Hall–Kier alpha value is -1.82. The highest BCUT2D eigenvalue weighted by molar-refractivity contribution is 5.97. The number of hydrogen-bond acceptors (Lipinski definition) is 4. The number of aliphatic carboxylic acids is 1. The van der Waals surface area contributed by atoms with Crippen molar-refractivity contribution in [2.45, 2.75) is 39.2 Å². The van der Waals surface area contributed by atoms with Crippen molar-refractivity contribution in [1.29, 1.82) is 0 Å². The van der Waals surface area contributed by atoms with E-state index < -0.39 is 17.9 Å². The van der Waals surface area contributed by atoms with E-state index in [0.29, 0.717) is 17.1 Å². The van der Waals surface area contributed by atoms with E-state index in [0.717, 1.165) is 0 Å². The lowest BCUT2D eigenvalue weighted by atomic mass is 10.1. The van der Waals surface area contributed by atoms with Gasteiger partial charge in [-0.25, -0.2) is 4.79 Å². The number of amides is 1. The first-order valence-electron chi connectivity index (χ1n) is 6.49. The Kier molecular flexibility index (Phi) is 5.76. The van der Waals surface area contributed by atoms with Gasteiger partial charge in [0.05, 0.1) is 5.56 Å². The van der Waals surface area contributed by atoms with Crippen LogP contribution in [0.4, 0.5) is 0 Å². The van der Waals surface area contributed by atoms with E-state index in [1.165, 1.54) is 7.11 Å². The van der Waals surface area contributed by atoms with Gasteiger partial charge in [0.25, 0.3) is 5.91 Å². The molecule has 1 heterocycles. The summed E-state index contributed by atoms with van der Waals surface area (Å²) in [5.74, 6) is -0.167. The Labute approximate surface area is 118 Å². The summed E-state index contributed by atoms with van der Waals surface area (Å²) in [5, 5.41) is 11.5. The van der Waals surface area contributed by atoms with Gasteiger partial charge in [-0.2, -0.15) is 0 Å². The van der Waals surface area contributed by atoms with Crippen LogP contribution in [0.3, 0.4) is 0 Å². The Bertz CT molecular complexity index is 478. The number of carbonyl (C=O) groups excluding carboxylic acids is 1. The molecule has 1 amide bonds. The zero-order chi connectivity index (χ0) is 15.3. The normalized spacial score (nSPS) is 12.4. The fraction of sp³-hybridized carbons (Fsp3) is 0.571. The Morgan fingerprint density at radius 1 is 1.45 bits per heavy atom. The predicted molar refractivity (Wildman–Crippen MR) is 72.9 cm³/mol. The first-order chi connectivity index (χ1) is 9.36. The van der Waals surface area contributed by atoms with E-state index in [-0.39, 0.29) is 18.9 Å². The minimum absolute atomic E-state index is 0.166. The second-order valence-electron chi connectivity index (χ2n) is 4.92. The third-order valence-corrected chi connectivity index (χ3v) is 2.96. The Balaban J connectivity index is 2.80. The molecule has 0 aromatic carbocycles. The van der Waals surface area contributed by atoms with Crippen LogP contribution in [0, 0.1) is 6.92 Å². The van der Waals surface area contributed by atoms with Crippen molar-refractivity contribution in [1.82, 2.24) is 5.32 Å². The van der Waals surface area contributed by atoms with E-state index >= 15 is 0 Å². The third kappa shape index (κ3) is 4.09. The SMILES string of the molecule is COCCC(NC(=O)c1cc(C(C)C)oc1C)C(=O)O. The molecule has 0 saturated heterocycles. The molecule has 1 aromatic rings. The lowest BCUT2D eigenvalue weighted by Crippen LogP contribution is -2.41. The Morgan fingerprint density at radius 2 is 2.10 bits per heavy atom. The van der Waals surface area contributed by atoms with Crippen molar-refractivity contribution in [2.75, 3.05) is 13.7 Å². The molecule has 1 aromatic heterocycles. The first kappa shape index (κ1) is 16.2. The summed E-state index contributed by atoms with van der Waals surface area (Å²) in [5.41, 5.74) is 0.373. The summed E-state index contributed by atoms with van der Waals surface area (Å²) in [6.45, 7) is 5.86. The number of carbonyl (C=O) groups is 2. The predicted octanol–water partition coefficient (Wildman–Crippen LogP) is 1.93. The topological polar surface area (TPSA) is 88.8 Å². The van der Waals surface area contributed by atoms with Gasteiger partial charge >= 0.3 is 5.97 Å². The largest absolute Gasteiger partial charge is 0.480 e. The van der Waals surface area contributed by atoms with Gasteiger partial charge in [0.1, 0.15) is 17.6 Å². The average Bonchev–Trinajstić information content (AvgIpc) is 2.76. The quantitative estimate of drug-likeness (QED) is 0.798. The van der Waals surface area contributed by atoms with Crippen LogP contribution in [-0.4, -0.2) is 36.7 Å².